The van der Waals surface area contributed by atoms with E-state index < -0.39 is 35.0 Å². The van der Waals surface area contributed by atoms with Crippen LogP contribution in [0.1, 0.15) is 11.6 Å². The standard InChI is InChI=1S/C12H15F4N3O.2ClH/c13-8-2-1-7(10(20)9(8)17)11(12(14,15)16)19-5-3-18-4-6-19;;/h1-2,11,18,20H,3-6,17H2;2*1H/t11-;;/m1../s1. The van der Waals surface area contributed by atoms with Gasteiger partial charge in [-0.3, -0.25) is 4.90 Å². The van der Waals surface area contributed by atoms with Crippen LogP contribution < -0.4 is 11.1 Å². The summed E-state index contributed by atoms with van der Waals surface area (Å²) in [6.07, 6.45) is -4.58. The van der Waals surface area contributed by atoms with Gasteiger partial charge < -0.3 is 16.2 Å². The van der Waals surface area contributed by atoms with Gasteiger partial charge in [-0.05, 0) is 6.07 Å². The Hall–Kier alpha value is -0.960. The second-order valence-electron chi connectivity index (χ2n) is 4.63. The van der Waals surface area contributed by atoms with E-state index in [0.29, 0.717) is 13.1 Å². The molecular formula is C12H17Cl2F4N3O. The molecule has 4 N–H and O–H groups in total. The van der Waals surface area contributed by atoms with Gasteiger partial charge in [-0.15, -0.1) is 24.8 Å². The minimum atomic E-state index is -4.58. The lowest BCUT2D eigenvalue weighted by atomic mass is 10.0. The minimum absolute atomic E-state index is 0. The summed E-state index contributed by atoms with van der Waals surface area (Å²) in [4.78, 5) is 1.20. The summed E-state index contributed by atoms with van der Waals surface area (Å²) in [5, 5.41) is 12.7. The van der Waals surface area contributed by atoms with Gasteiger partial charge >= 0.3 is 6.18 Å². The van der Waals surface area contributed by atoms with Crippen molar-refractivity contribution in [1.29, 1.82) is 0 Å². The van der Waals surface area contributed by atoms with Crippen LogP contribution in [0.2, 0.25) is 0 Å². The summed E-state index contributed by atoms with van der Waals surface area (Å²) >= 11 is 0. The van der Waals surface area contributed by atoms with E-state index in [1.54, 1.807) is 0 Å². The maximum absolute atomic E-state index is 13.3. The molecule has 0 radical (unpaired) electrons. The lowest BCUT2D eigenvalue weighted by Gasteiger charge is -2.36. The summed E-state index contributed by atoms with van der Waals surface area (Å²) < 4.78 is 53.1. The molecule has 128 valence electrons. The molecular weight excluding hydrogens is 349 g/mol. The number of alkyl halides is 3. The summed E-state index contributed by atoms with van der Waals surface area (Å²) in [6.45, 7) is 1.20. The number of anilines is 1. The zero-order valence-electron chi connectivity index (χ0n) is 11.4. The quantitative estimate of drug-likeness (QED) is 0.428. The highest BCUT2D eigenvalue weighted by atomic mass is 35.5. The molecule has 0 aliphatic carbocycles. The van der Waals surface area contributed by atoms with Crippen molar-refractivity contribution >= 4 is 30.5 Å². The Morgan fingerprint density at radius 1 is 1.18 bits per heavy atom. The number of nitrogens with zero attached hydrogens (tertiary/aromatic N) is 1. The fraction of sp³-hybridized carbons (Fsp3) is 0.500. The largest absolute Gasteiger partial charge is 0.505 e. The number of phenols is 1. The molecule has 0 saturated carbocycles. The number of piperazine rings is 1. The van der Waals surface area contributed by atoms with Gasteiger partial charge in [0.05, 0.1) is 0 Å². The molecule has 1 aliphatic heterocycles. The monoisotopic (exact) mass is 365 g/mol. The van der Waals surface area contributed by atoms with Crippen LogP contribution >= 0.6 is 24.8 Å². The molecule has 0 aromatic heterocycles. The first-order valence-corrected chi connectivity index (χ1v) is 6.10. The van der Waals surface area contributed by atoms with Crippen molar-refractivity contribution in [1.82, 2.24) is 10.2 Å². The third-order valence-electron chi connectivity index (χ3n) is 3.32. The highest BCUT2D eigenvalue weighted by molar-refractivity contribution is 5.85. The molecule has 22 heavy (non-hydrogen) atoms. The van der Waals surface area contributed by atoms with E-state index in [4.69, 9.17) is 5.73 Å². The average molecular weight is 366 g/mol. The SMILES string of the molecule is Cl.Cl.Nc1c(F)ccc([C@@H](N2CCNCC2)C(F)(F)F)c1O. The van der Waals surface area contributed by atoms with Gasteiger partial charge in [0.15, 0.2) is 0 Å². The van der Waals surface area contributed by atoms with E-state index in [9.17, 15) is 22.7 Å². The van der Waals surface area contributed by atoms with Crippen LogP contribution in [0.4, 0.5) is 23.2 Å². The Labute approximate surface area is 137 Å². The molecule has 1 aromatic carbocycles. The molecule has 1 saturated heterocycles. The van der Waals surface area contributed by atoms with Crippen molar-refractivity contribution in [3.8, 4) is 5.75 Å². The van der Waals surface area contributed by atoms with Crippen LogP contribution in [0, 0.1) is 5.82 Å². The van der Waals surface area contributed by atoms with Crippen LogP contribution in [0.15, 0.2) is 12.1 Å². The molecule has 1 fully saturated rings. The highest BCUT2D eigenvalue weighted by Gasteiger charge is 2.46. The Bertz CT molecular complexity index is 496. The third kappa shape index (κ3) is 4.28. The van der Waals surface area contributed by atoms with Crippen LogP contribution in [0.25, 0.3) is 0 Å². The molecule has 0 bridgehead atoms. The van der Waals surface area contributed by atoms with E-state index in [1.807, 2.05) is 0 Å². The van der Waals surface area contributed by atoms with Crippen molar-refractivity contribution in [2.75, 3.05) is 31.9 Å². The van der Waals surface area contributed by atoms with Crippen LogP contribution in [0.3, 0.4) is 0 Å². The Kier molecular flexibility index (Phi) is 7.70. The number of halogens is 6. The number of nitrogen functional groups attached to an aromatic ring is 1. The summed E-state index contributed by atoms with van der Waals surface area (Å²) in [5.74, 6) is -1.78. The first-order valence-electron chi connectivity index (χ1n) is 6.10. The van der Waals surface area contributed by atoms with Gasteiger partial charge in [0.1, 0.15) is 23.3 Å². The molecule has 1 atom stereocenters. The molecule has 2 rings (SSSR count). The lowest BCUT2D eigenvalue weighted by molar-refractivity contribution is -0.188. The predicted molar refractivity (Wildman–Crippen MR) is 80.2 cm³/mol. The lowest BCUT2D eigenvalue weighted by Crippen LogP contribution is -2.49. The minimum Gasteiger partial charge on any atom is -0.505 e. The Balaban J connectivity index is 0.00000220. The first-order chi connectivity index (χ1) is 9.32. The normalized spacial score (nSPS) is 17.3. The molecule has 0 unspecified atom stereocenters. The Morgan fingerprint density at radius 2 is 1.73 bits per heavy atom. The third-order valence-corrected chi connectivity index (χ3v) is 3.32. The van der Waals surface area contributed by atoms with Crippen LogP contribution in [-0.2, 0) is 0 Å². The van der Waals surface area contributed by atoms with E-state index in [-0.39, 0.29) is 37.9 Å². The number of hydrogen-bond donors (Lipinski definition) is 3. The number of nitrogens with one attached hydrogen (secondary N) is 1. The zero-order chi connectivity index (χ0) is 14.9. The van der Waals surface area contributed by atoms with E-state index >= 15 is 0 Å². The van der Waals surface area contributed by atoms with Crippen LogP contribution in [-0.4, -0.2) is 42.4 Å². The molecule has 0 spiro atoms. The van der Waals surface area contributed by atoms with Gasteiger partial charge in [-0.2, -0.15) is 13.2 Å². The predicted octanol–water partition coefficient (Wildman–Crippen LogP) is 2.47. The summed E-state index contributed by atoms with van der Waals surface area (Å²) in [6, 6.07) is -0.223. The van der Waals surface area contributed by atoms with Crippen molar-refractivity contribution in [3.63, 3.8) is 0 Å². The molecule has 10 heteroatoms. The van der Waals surface area contributed by atoms with Crippen molar-refractivity contribution in [2.24, 2.45) is 0 Å². The Morgan fingerprint density at radius 3 is 2.23 bits per heavy atom. The maximum atomic E-state index is 13.3. The van der Waals surface area contributed by atoms with Gasteiger partial charge in [0.2, 0.25) is 0 Å². The number of hydrogen-bond acceptors (Lipinski definition) is 4. The highest BCUT2D eigenvalue weighted by Crippen LogP contribution is 2.43. The van der Waals surface area contributed by atoms with Gasteiger partial charge in [0.25, 0.3) is 0 Å². The van der Waals surface area contributed by atoms with Crippen molar-refractivity contribution in [3.05, 3.63) is 23.5 Å². The summed E-state index contributed by atoms with van der Waals surface area (Å²) in [7, 11) is 0. The zero-order valence-corrected chi connectivity index (χ0v) is 13.0. The number of nitrogens with two attached hydrogens (primary N) is 1. The topological polar surface area (TPSA) is 61.5 Å². The van der Waals surface area contributed by atoms with Gasteiger partial charge in [-0.25, -0.2) is 4.39 Å². The van der Waals surface area contributed by atoms with E-state index in [1.165, 1.54) is 4.90 Å². The number of phenolic OH excluding ortho intramolecular Hbond substituents is 1. The van der Waals surface area contributed by atoms with Gasteiger partial charge in [0, 0.05) is 31.7 Å². The summed E-state index contributed by atoms with van der Waals surface area (Å²) in [5.41, 5.74) is 4.19. The first kappa shape index (κ1) is 21.0. The number of benzene rings is 1. The van der Waals surface area contributed by atoms with Gasteiger partial charge in [-0.1, -0.05) is 6.07 Å². The number of rotatable bonds is 2. The fourth-order valence-corrected chi connectivity index (χ4v) is 2.34. The molecule has 1 heterocycles. The van der Waals surface area contributed by atoms with Crippen molar-refractivity contribution in [2.45, 2.75) is 12.2 Å². The molecule has 1 aliphatic rings. The average Bonchev–Trinajstić information content (AvgIpc) is 2.39. The molecule has 1 aromatic rings. The smallest absolute Gasteiger partial charge is 0.408 e. The second kappa shape index (κ2) is 8.05. The van der Waals surface area contributed by atoms with Crippen LogP contribution in [0.5, 0.6) is 5.75 Å². The fourth-order valence-electron chi connectivity index (χ4n) is 2.34. The molecule has 4 nitrogen and oxygen atoms in total. The van der Waals surface area contributed by atoms with E-state index in [0.717, 1.165) is 12.1 Å². The van der Waals surface area contributed by atoms with Crippen molar-refractivity contribution < 1.29 is 22.7 Å². The molecule has 0 amide bonds. The maximum Gasteiger partial charge on any atom is 0.408 e. The van der Waals surface area contributed by atoms with E-state index in [2.05, 4.69) is 5.32 Å². The second-order valence-corrected chi connectivity index (χ2v) is 4.63. The number of aromatic hydroxyl groups is 1.